The second-order valence-corrected chi connectivity index (χ2v) is 8.37. The number of hydrogen-bond donors (Lipinski definition) is 1. The Labute approximate surface area is 201 Å². The van der Waals surface area contributed by atoms with Gasteiger partial charge in [-0.15, -0.1) is 0 Å². The van der Waals surface area contributed by atoms with E-state index in [1.165, 1.54) is 21.9 Å². The maximum atomic E-state index is 13.3. The monoisotopic (exact) mass is 472 g/mol. The third-order valence-electron chi connectivity index (χ3n) is 5.20. The van der Waals surface area contributed by atoms with E-state index in [1.807, 2.05) is 30.3 Å². The predicted molar refractivity (Wildman–Crippen MR) is 136 cm³/mol. The van der Waals surface area contributed by atoms with E-state index in [0.717, 1.165) is 12.0 Å². The molecule has 0 radical (unpaired) electrons. The van der Waals surface area contributed by atoms with Gasteiger partial charge in [0.05, 0.1) is 35.7 Å². The molecule has 4 aromatic rings. The largest absolute Gasteiger partial charge is 0.497 e. The van der Waals surface area contributed by atoms with Crippen LogP contribution in [0.4, 0.5) is 0 Å². The molecule has 0 aliphatic rings. The van der Waals surface area contributed by atoms with Crippen molar-refractivity contribution in [2.75, 3.05) is 12.9 Å². The molecule has 172 valence electrons. The van der Waals surface area contributed by atoms with Gasteiger partial charge in [-0.3, -0.25) is 14.2 Å². The lowest BCUT2D eigenvalue weighted by Gasteiger charge is -2.13. The third kappa shape index (κ3) is 5.35. The molecule has 0 saturated heterocycles. The quantitative estimate of drug-likeness (QED) is 0.180. The molecule has 0 fully saturated rings. The fourth-order valence-electron chi connectivity index (χ4n) is 3.35. The Hall–Kier alpha value is -3.91. The van der Waals surface area contributed by atoms with E-state index in [0.29, 0.717) is 27.5 Å². The van der Waals surface area contributed by atoms with Crippen LogP contribution in [0.1, 0.15) is 18.1 Å². The second kappa shape index (κ2) is 10.8. The zero-order valence-electron chi connectivity index (χ0n) is 18.9. The highest BCUT2D eigenvalue weighted by molar-refractivity contribution is 7.99. The molecule has 7 nitrogen and oxygen atoms in total. The van der Waals surface area contributed by atoms with E-state index < -0.39 is 0 Å². The number of carbonyl (C=O) groups is 1. The summed E-state index contributed by atoms with van der Waals surface area (Å²) in [4.78, 5) is 30.3. The van der Waals surface area contributed by atoms with Gasteiger partial charge in [-0.05, 0) is 53.9 Å². The normalized spacial score (nSPS) is 11.1. The molecule has 1 N–H and O–H groups in total. The van der Waals surface area contributed by atoms with Crippen LogP contribution in [0.5, 0.6) is 5.75 Å². The lowest BCUT2D eigenvalue weighted by molar-refractivity contribution is -0.118. The Kier molecular flexibility index (Phi) is 7.39. The summed E-state index contributed by atoms with van der Waals surface area (Å²) < 4.78 is 6.73. The van der Waals surface area contributed by atoms with E-state index in [-0.39, 0.29) is 17.2 Å². The Morgan fingerprint density at radius 2 is 1.82 bits per heavy atom. The summed E-state index contributed by atoms with van der Waals surface area (Å²) in [7, 11) is 1.58. The summed E-state index contributed by atoms with van der Waals surface area (Å²) in [5.74, 6) is 0.434. The fraction of sp³-hybridized carbons (Fsp3) is 0.154. The Morgan fingerprint density at radius 3 is 2.53 bits per heavy atom. The number of rotatable bonds is 8. The van der Waals surface area contributed by atoms with Crippen molar-refractivity contribution in [2.24, 2.45) is 5.10 Å². The molecule has 0 saturated carbocycles. The molecule has 0 spiro atoms. The number of amides is 1. The molecular formula is C26H24N4O3S. The van der Waals surface area contributed by atoms with Crippen LogP contribution < -0.4 is 15.7 Å². The molecule has 3 aromatic carbocycles. The Morgan fingerprint density at radius 1 is 1.09 bits per heavy atom. The lowest BCUT2D eigenvalue weighted by Crippen LogP contribution is -2.24. The summed E-state index contributed by atoms with van der Waals surface area (Å²) in [5.41, 5.74) is 5.69. The SMILES string of the molecule is CCc1ccc(/C=N\NC(=O)CSc2nc3ccccc3c(=O)n2-c2ccc(OC)cc2)cc1. The van der Waals surface area contributed by atoms with Gasteiger partial charge in [0.15, 0.2) is 5.16 Å². The number of fused-ring (bicyclic) bond motifs is 1. The molecule has 0 unspecified atom stereocenters. The first-order valence-corrected chi connectivity index (χ1v) is 11.8. The van der Waals surface area contributed by atoms with Crippen molar-refractivity contribution in [1.29, 1.82) is 0 Å². The molecular weight excluding hydrogens is 448 g/mol. The van der Waals surface area contributed by atoms with Crippen molar-refractivity contribution >= 4 is 34.8 Å². The van der Waals surface area contributed by atoms with E-state index in [1.54, 1.807) is 55.8 Å². The van der Waals surface area contributed by atoms with Crippen LogP contribution in [-0.4, -0.2) is 34.5 Å². The van der Waals surface area contributed by atoms with Crippen molar-refractivity contribution < 1.29 is 9.53 Å². The third-order valence-corrected chi connectivity index (χ3v) is 6.14. The number of hydrazone groups is 1. The molecule has 0 bridgehead atoms. The number of benzene rings is 3. The van der Waals surface area contributed by atoms with Gasteiger partial charge in [-0.1, -0.05) is 55.1 Å². The van der Waals surface area contributed by atoms with Gasteiger partial charge in [0.2, 0.25) is 0 Å². The van der Waals surface area contributed by atoms with Crippen LogP contribution in [-0.2, 0) is 11.2 Å². The van der Waals surface area contributed by atoms with Crippen LogP contribution in [0.2, 0.25) is 0 Å². The molecule has 8 heteroatoms. The van der Waals surface area contributed by atoms with Gasteiger partial charge in [0, 0.05) is 0 Å². The van der Waals surface area contributed by atoms with Crippen molar-refractivity contribution in [2.45, 2.75) is 18.5 Å². The fourth-order valence-corrected chi connectivity index (χ4v) is 4.15. The van der Waals surface area contributed by atoms with Crippen molar-refractivity contribution in [3.05, 3.63) is 94.3 Å². The van der Waals surface area contributed by atoms with Gasteiger partial charge in [-0.25, -0.2) is 10.4 Å². The summed E-state index contributed by atoms with van der Waals surface area (Å²) in [6.07, 6.45) is 2.57. The Bertz CT molecular complexity index is 1380. The van der Waals surface area contributed by atoms with Crippen molar-refractivity contribution in [1.82, 2.24) is 15.0 Å². The number of nitrogens with one attached hydrogen (secondary N) is 1. The highest BCUT2D eigenvalue weighted by Crippen LogP contribution is 2.22. The highest BCUT2D eigenvalue weighted by atomic mass is 32.2. The van der Waals surface area contributed by atoms with Gasteiger partial charge >= 0.3 is 0 Å². The Balaban J connectivity index is 1.53. The molecule has 0 aliphatic carbocycles. The first-order valence-electron chi connectivity index (χ1n) is 10.8. The minimum atomic E-state index is -0.296. The molecule has 0 atom stereocenters. The van der Waals surface area contributed by atoms with Crippen LogP contribution >= 0.6 is 11.8 Å². The number of methoxy groups -OCH3 is 1. The molecule has 1 heterocycles. The van der Waals surface area contributed by atoms with Gasteiger partial charge in [0.25, 0.3) is 11.5 Å². The number of aromatic nitrogens is 2. The molecule has 4 rings (SSSR count). The van der Waals surface area contributed by atoms with Crippen molar-refractivity contribution in [3.8, 4) is 11.4 Å². The minimum Gasteiger partial charge on any atom is -0.497 e. The number of carbonyl (C=O) groups excluding carboxylic acids is 1. The lowest BCUT2D eigenvalue weighted by atomic mass is 10.1. The predicted octanol–water partition coefficient (Wildman–Crippen LogP) is 4.20. The summed E-state index contributed by atoms with van der Waals surface area (Å²) >= 11 is 1.17. The van der Waals surface area contributed by atoms with Crippen LogP contribution in [0.3, 0.4) is 0 Å². The van der Waals surface area contributed by atoms with Gasteiger partial charge in [-0.2, -0.15) is 5.10 Å². The van der Waals surface area contributed by atoms with E-state index in [2.05, 4.69) is 22.4 Å². The summed E-state index contributed by atoms with van der Waals surface area (Å²) in [6.45, 7) is 2.10. The van der Waals surface area contributed by atoms with E-state index in [9.17, 15) is 9.59 Å². The molecule has 1 amide bonds. The molecule has 1 aromatic heterocycles. The topological polar surface area (TPSA) is 85.6 Å². The van der Waals surface area contributed by atoms with Gasteiger partial charge < -0.3 is 4.74 Å². The summed E-state index contributed by atoms with van der Waals surface area (Å²) in [5, 5.41) is 4.96. The molecule has 0 aliphatic heterocycles. The summed E-state index contributed by atoms with van der Waals surface area (Å²) in [6, 6.07) is 22.3. The van der Waals surface area contributed by atoms with E-state index in [4.69, 9.17) is 4.74 Å². The number of ether oxygens (including phenoxy) is 1. The zero-order valence-corrected chi connectivity index (χ0v) is 19.7. The first kappa shape index (κ1) is 23.3. The first-order chi connectivity index (χ1) is 16.6. The average Bonchev–Trinajstić information content (AvgIpc) is 2.88. The van der Waals surface area contributed by atoms with Crippen molar-refractivity contribution in [3.63, 3.8) is 0 Å². The number of hydrogen-bond acceptors (Lipinski definition) is 6. The number of aryl methyl sites for hydroxylation is 1. The number of nitrogens with zero attached hydrogens (tertiary/aromatic N) is 3. The van der Waals surface area contributed by atoms with Gasteiger partial charge in [0.1, 0.15) is 5.75 Å². The van der Waals surface area contributed by atoms with Crippen LogP contribution in [0.15, 0.2) is 87.8 Å². The van der Waals surface area contributed by atoms with Crippen LogP contribution in [0.25, 0.3) is 16.6 Å². The minimum absolute atomic E-state index is 0.0487. The van der Waals surface area contributed by atoms with Crippen LogP contribution in [0, 0.1) is 0 Å². The smallest absolute Gasteiger partial charge is 0.266 e. The number of para-hydroxylation sites is 1. The number of thioether (sulfide) groups is 1. The highest BCUT2D eigenvalue weighted by Gasteiger charge is 2.15. The second-order valence-electron chi connectivity index (χ2n) is 7.43. The average molecular weight is 473 g/mol. The maximum absolute atomic E-state index is 13.3. The standard InChI is InChI=1S/C26H24N4O3S/c1-3-18-8-10-19(11-9-18)16-27-29-24(31)17-34-26-28-23-7-5-4-6-22(23)25(32)30(26)20-12-14-21(33-2)15-13-20/h4-16H,3,17H2,1-2H3,(H,29,31)/b27-16-. The van der Waals surface area contributed by atoms with E-state index >= 15 is 0 Å². The molecule has 34 heavy (non-hydrogen) atoms. The zero-order chi connectivity index (χ0) is 23.9. The maximum Gasteiger partial charge on any atom is 0.266 e.